The van der Waals surface area contributed by atoms with Crippen molar-refractivity contribution < 1.29 is 9.90 Å². The number of carbonyl (C=O) groups is 1. The number of aliphatic hydroxyl groups is 1. The van der Waals surface area contributed by atoms with Crippen LogP contribution in [0.1, 0.15) is 11.8 Å². The average Bonchev–Trinajstić information content (AvgIpc) is 3.17. The molecule has 0 saturated heterocycles. The Morgan fingerprint density at radius 2 is 1.97 bits per heavy atom. The molecule has 4 N–H and O–H groups in total. The Kier molecular flexibility index (Phi) is 7.46. The smallest absolute Gasteiger partial charge is 0.318 e. The lowest BCUT2D eigenvalue weighted by molar-refractivity contribution is 0.141. The summed E-state index contributed by atoms with van der Waals surface area (Å²) in [4.78, 5) is 15.7. The van der Waals surface area contributed by atoms with Gasteiger partial charge in [-0.25, -0.2) is 4.98 Å². The number of nitrogens with one attached hydrogen (secondary N) is 3. The number of nitrogens with zero attached hydrogens (tertiary/aromatic N) is 3. The highest BCUT2D eigenvalue weighted by molar-refractivity contribution is 9.10. The van der Waals surface area contributed by atoms with Crippen LogP contribution in [0.2, 0.25) is 5.02 Å². The minimum atomic E-state index is -0.922. The zero-order chi connectivity index (χ0) is 23.4. The number of fused-ring (bicyclic) bond motifs is 1. The predicted molar refractivity (Wildman–Crippen MR) is 134 cm³/mol. The molecule has 1 amide bonds. The van der Waals surface area contributed by atoms with Gasteiger partial charge in [0.1, 0.15) is 12.0 Å². The van der Waals surface area contributed by atoms with Crippen molar-refractivity contribution in [1.82, 2.24) is 19.9 Å². The van der Waals surface area contributed by atoms with Gasteiger partial charge in [0, 0.05) is 35.4 Å². The standard InChI is InChI=1S/C22H19BrCl2N6O2/c23-16-12-28-31-19(11-18(30-20(16)31)15-6-1-2-7-17(15)24)26-8-9-27-21(32)13-4-3-5-14(10-13)29-22(25)33/h1-7,10-12,21,26-27,32H,8-9H2,(H,29,33). The van der Waals surface area contributed by atoms with Gasteiger partial charge in [-0.15, -0.1) is 0 Å². The van der Waals surface area contributed by atoms with Crippen LogP contribution in [0.15, 0.2) is 65.3 Å². The largest absolute Gasteiger partial charge is 0.374 e. The van der Waals surface area contributed by atoms with Crippen LogP contribution in [-0.4, -0.2) is 38.2 Å². The first kappa shape index (κ1) is 23.5. The van der Waals surface area contributed by atoms with Crippen LogP contribution in [0.5, 0.6) is 0 Å². The van der Waals surface area contributed by atoms with Crippen molar-refractivity contribution in [2.45, 2.75) is 6.23 Å². The summed E-state index contributed by atoms with van der Waals surface area (Å²) in [5, 5.41) is 23.6. The molecule has 2 heterocycles. The summed E-state index contributed by atoms with van der Waals surface area (Å²) in [6, 6.07) is 16.2. The van der Waals surface area contributed by atoms with Crippen LogP contribution >= 0.6 is 39.1 Å². The number of halogens is 3. The van der Waals surface area contributed by atoms with E-state index in [0.717, 1.165) is 15.9 Å². The van der Waals surface area contributed by atoms with Crippen molar-refractivity contribution in [1.29, 1.82) is 0 Å². The fraction of sp³-hybridized carbons (Fsp3) is 0.136. The summed E-state index contributed by atoms with van der Waals surface area (Å²) in [6.45, 7) is 0.939. The molecule has 0 fully saturated rings. The van der Waals surface area contributed by atoms with E-state index in [1.165, 1.54) is 0 Å². The van der Waals surface area contributed by atoms with Gasteiger partial charge >= 0.3 is 5.37 Å². The molecule has 33 heavy (non-hydrogen) atoms. The number of hydrogen-bond acceptors (Lipinski definition) is 6. The van der Waals surface area contributed by atoms with E-state index in [9.17, 15) is 9.90 Å². The van der Waals surface area contributed by atoms with E-state index >= 15 is 0 Å². The maximum absolute atomic E-state index is 11.0. The van der Waals surface area contributed by atoms with Crippen molar-refractivity contribution in [2.75, 3.05) is 23.7 Å². The van der Waals surface area contributed by atoms with Crippen molar-refractivity contribution in [3.8, 4) is 11.3 Å². The van der Waals surface area contributed by atoms with E-state index in [2.05, 4.69) is 42.0 Å². The zero-order valence-electron chi connectivity index (χ0n) is 17.1. The van der Waals surface area contributed by atoms with Gasteiger partial charge in [-0.05, 0) is 51.3 Å². The first-order valence-corrected chi connectivity index (χ1v) is 11.5. The second-order valence-electron chi connectivity index (χ2n) is 7.04. The normalized spacial score (nSPS) is 12.0. The molecule has 11 heteroatoms. The quantitative estimate of drug-likeness (QED) is 0.103. The number of aromatic nitrogens is 3. The molecule has 0 spiro atoms. The van der Waals surface area contributed by atoms with Gasteiger partial charge in [0.15, 0.2) is 5.65 Å². The molecule has 0 aliphatic rings. The third-order valence-electron chi connectivity index (χ3n) is 4.79. The number of benzene rings is 2. The Balaban J connectivity index is 1.45. The van der Waals surface area contributed by atoms with Crippen LogP contribution < -0.4 is 16.0 Å². The van der Waals surface area contributed by atoms with Gasteiger partial charge < -0.3 is 15.7 Å². The van der Waals surface area contributed by atoms with Crippen molar-refractivity contribution >= 4 is 61.7 Å². The summed E-state index contributed by atoms with van der Waals surface area (Å²) in [6.07, 6.45) is 0.757. The Labute approximate surface area is 208 Å². The molecule has 0 radical (unpaired) electrons. The number of rotatable bonds is 8. The summed E-state index contributed by atoms with van der Waals surface area (Å²) in [5.41, 5.74) is 3.28. The minimum absolute atomic E-state index is 0.445. The molecular formula is C22H19BrCl2N6O2. The van der Waals surface area contributed by atoms with Crippen molar-refractivity contribution in [3.05, 3.63) is 75.9 Å². The maximum atomic E-state index is 11.0. The van der Waals surface area contributed by atoms with Gasteiger partial charge in [-0.2, -0.15) is 9.61 Å². The lowest BCUT2D eigenvalue weighted by Gasteiger charge is -2.16. The van der Waals surface area contributed by atoms with Gasteiger partial charge in [-0.3, -0.25) is 10.1 Å². The molecule has 4 rings (SSSR count). The summed E-state index contributed by atoms with van der Waals surface area (Å²) in [7, 11) is 0. The SMILES string of the molecule is O=C(Cl)Nc1cccc(C(O)NCCNc2cc(-c3ccccc3Cl)nc3c(Br)cnn23)c1. The number of anilines is 2. The number of aliphatic hydroxyl groups excluding tert-OH is 1. The molecule has 2 aromatic heterocycles. The van der Waals surface area contributed by atoms with Crippen LogP contribution in [0.3, 0.4) is 0 Å². The second-order valence-corrected chi connectivity index (χ2v) is 8.65. The van der Waals surface area contributed by atoms with Gasteiger partial charge in [0.05, 0.1) is 16.4 Å². The molecule has 1 unspecified atom stereocenters. The third-order valence-corrected chi connectivity index (χ3v) is 5.78. The Bertz CT molecular complexity index is 1300. The number of hydrogen-bond donors (Lipinski definition) is 4. The topological polar surface area (TPSA) is 104 Å². The molecule has 0 aliphatic carbocycles. The van der Waals surface area contributed by atoms with E-state index in [1.807, 2.05) is 30.3 Å². The molecule has 1 atom stereocenters. The molecule has 0 bridgehead atoms. The predicted octanol–water partition coefficient (Wildman–Crippen LogP) is 5.28. The molecule has 0 aliphatic heterocycles. The lowest BCUT2D eigenvalue weighted by atomic mass is 10.1. The third kappa shape index (κ3) is 5.63. The number of carbonyl (C=O) groups excluding carboxylic acids is 1. The fourth-order valence-electron chi connectivity index (χ4n) is 3.29. The van der Waals surface area contributed by atoms with E-state index in [0.29, 0.717) is 40.7 Å². The van der Waals surface area contributed by atoms with Gasteiger partial charge in [-0.1, -0.05) is 41.9 Å². The van der Waals surface area contributed by atoms with Crippen molar-refractivity contribution in [2.24, 2.45) is 0 Å². The average molecular weight is 550 g/mol. The Hall–Kier alpha value is -2.69. The van der Waals surface area contributed by atoms with Gasteiger partial charge in [0.2, 0.25) is 0 Å². The Morgan fingerprint density at radius 1 is 1.15 bits per heavy atom. The first-order chi connectivity index (χ1) is 15.9. The number of amides is 1. The lowest BCUT2D eigenvalue weighted by Crippen LogP contribution is -2.27. The van der Waals surface area contributed by atoms with E-state index in [-0.39, 0.29) is 0 Å². The summed E-state index contributed by atoms with van der Waals surface area (Å²) in [5.74, 6) is 0.726. The van der Waals surface area contributed by atoms with Gasteiger partial charge in [0.25, 0.3) is 0 Å². The molecule has 170 valence electrons. The molecule has 4 aromatic rings. The van der Waals surface area contributed by atoms with Crippen molar-refractivity contribution in [3.63, 3.8) is 0 Å². The maximum Gasteiger partial charge on any atom is 0.318 e. The molecular weight excluding hydrogens is 531 g/mol. The first-order valence-electron chi connectivity index (χ1n) is 9.93. The highest BCUT2D eigenvalue weighted by Gasteiger charge is 2.13. The van der Waals surface area contributed by atoms with Crippen LogP contribution in [-0.2, 0) is 0 Å². The van der Waals surface area contributed by atoms with E-state index in [1.54, 1.807) is 35.0 Å². The minimum Gasteiger partial charge on any atom is -0.374 e. The van der Waals surface area contributed by atoms with Crippen LogP contribution in [0, 0.1) is 0 Å². The Morgan fingerprint density at radius 3 is 2.76 bits per heavy atom. The highest BCUT2D eigenvalue weighted by atomic mass is 79.9. The molecule has 2 aromatic carbocycles. The monoisotopic (exact) mass is 548 g/mol. The molecule has 8 nitrogen and oxygen atoms in total. The van der Waals surface area contributed by atoms with E-state index < -0.39 is 11.6 Å². The second kappa shape index (κ2) is 10.5. The van der Waals surface area contributed by atoms with Crippen LogP contribution in [0.25, 0.3) is 16.9 Å². The summed E-state index contributed by atoms with van der Waals surface area (Å²) >= 11 is 15.2. The molecule has 0 saturated carbocycles. The zero-order valence-corrected chi connectivity index (χ0v) is 20.2. The summed E-state index contributed by atoms with van der Waals surface area (Å²) < 4.78 is 2.45. The highest BCUT2D eigenvalue weighted by Crippen LogP contribution is 2.30. The van der Waals surface area contributed by atoms with E-state index in [4.69, 9.17) is 23.2 Å². The van der Waals surface area contributed by atoms with Crippen LogP contribution in [0.4, 0.5) is 16.3 Å². The fourth-order valence-corrected chi connectivity index (χ4v) is 3.98.